The molecule has 0 radical (unpaired) electrons. The Morgan fingerprint density at radius 2 is 0.669 bits per heavy atom. The van der Waals surface area contributed by atoms with E-state index < -0.39 is 148 Å². The minimum absolute atomic E-state index is 0.0325. The third-order valence-electron chi connectivity index (χ3n) is 28.5. The molecule has 2 unspecified atom stereocenters. The van der Waals surface area contributed by atoms with Crippen molar-refractivity contribution in [1.82, 2.24) is 28.7 Å². The fourth-order valence-electron chi connectivity index (χ4n) is 22.6. The maximum absolute atomic E-state index is 15.9. The summed E-state index contributed by atoms with van der Waals surface area (Å²) in [6, 6.07) is 51.0. The Labute approximate surface area is 811 Å². The number of pyridine rings is 3. The van der Waals surface area contributed by atoms with Crippen LogP contribution in [0.15, 0.2) is 251 Å². The molecule has 3 fully saturated rings. The third kappa shape index (κ3) is 13.6. The summed E-state index contributed by atoms with van der Waals surface area (Å²) in [6.07, 6.45) is 0.590. The lowest BCUT2D eigenvalue weighted by atomic mass is 9.80. The van der Waals surface area contributed by atoms with Gasteiger partial charge in [0.15, 0.2) is 45.9 Å². The number of benzene rings is 8. The lowest BCUT2D eigenvalue weighted by Crippen LogP contribution is -2.66. The molecule has 0 N–H and O–H groups in total. The molecule has 0 saturated carbocycles. The fraction of sp³-hybridized carbons (Fsp3) is 0.236. The number of amides is 3. The molecular weight excluding hydrogens is 1910 g/mol. The minimum atomic E-state index is -3.47. The molecule has 716 valence electrons. The molecule has 6 aliphatic carbocycles. The number of alkyl halides is 6. The lowest BCUT2D eigenvalue weighted by molar-refractivity contribution is -0.0200. The van der Waals surface area contributed by atoms with E-state index in [0.29, 0.717) is 50.1 Å². The van der Waals surface area contributed by atoms with Crippen LogP contribution in [0.3, 0.4) is 0 Å². The Morgan fingerprint density at radius 1 is 0.359 bits per heavy atom. The van der Waals surface area contributed by atoms with Crippen molar-refractivity contribution in [3.8, 4) is 82.0 Å². The normalized spacial score (nSPS) is 20.1. The van der Waals surface area contributed by atoms with Crippen LogP contribution in [0.4, 0.5) is 39.5 Å². The van der Waals surface area contributed by atoms with Gasteiger partial charge in [0, 0.05) is 124 Å². The molecule has 3 amide bonds. The number of carbonyl (C=O) groups is 3. The summed E-state index contributed by atoms with van der Waals surface area (Å²) < 4.78 is 193. The van der Waals surface area contributed by atoms with E-state index in [1.54, 1.807) is 52.3 Å². The minimum Gasteiger partial charge on any atom is -0.482 e. The monoisotopic (exact) mass is 1980 g/mol. The quantitative estimate of drug-likeness (QED) is 0.103. The molecule has 0 bridgehead atoms. The highest BCUT2D eigenvalue weighted by Crippen LogP contribution is 2.63. The summed E-state index contributed by atoms with van der Waals surface area (Å²) in [5.41, 5.74) is 8.01. The van der Waals surface area contributed by atoms with E-state index in [2.05, 4.69) is 0 Å². The van der Waals surface area contributed by atoms with Gasteiger partial charge < -0.3 is 52.0 Å². The second kappa shape index (κ2) is 33.4. The zero-order valence-corrected chi connectivity index (χ0v) is 77.2. The molecule has 3 saturated heterocycles. The number of nitrogens with zero attached hydrogens (tertiary/aromatic N) is 9. The molecular formula is C106H76F9N9O15S3. The Kier molecular flexibility index (Phi) is 20.9. The van der Waals surface area contributed by atoms with E-state index in [0.717, 1.165) is 77.3 Å². The fourth-order valence-corrected chi connectivity index (χ4v) is 26.0. The first-order valence-corrected chi connectivity index (χ1v) is 48.5. The first-order chi connectivity index (χ1) is 68.8. The van der Waals surface area contributed by atoms with Gasteiger partial charge in [-0.2, -0.15) is 0 Å². The number of morpholine rings is 3. The van der Waals surface area contributed by atoms with Gasteiger partial charge in [-0.05, 0) is 119 Å². The van der Waals surface area contributed by atoms with Gasteiger partial charge in [0.05, 0.1) is 74.5 Å². The van der Waals surface area contributed by atoms with Crippen molar-refractivity contribution >= 4 is 51.7 Å². The van der Waals surface area contributed by atoms with Crippen molar-refractivity contribution in [3.63, 3.8) is 0 Å². The number of hydrogen-bond donors (Lipinski definition) is 0. The summed E-state index contributed by atoms with van der Waals surface area (Å²) in [5.74, 6) is -15.8. The number of hydrogen-bond acceptors (Lipinski definition) is 21. The van der Waals surface area contributed by atoms with Gasteiger partial charge in [0.2, 0.25) is 16.3 Å². The maximum atomic E-state index is 15.9. The number of fused-ring (bicyclic) bond motifs is 12. The standard InChI is InChI=1S/2C36H26F3N3O4S.C34H24F3N3O7S/c2*37-25-11-10-24-29-28-21(16-36(38,39)30(25)29)19-47-34(28)23-9-5-4-8-22(23)31(24)42-27-18-45-15-14-40(27)35(44)32-33(26(43)12-13-41(32)42)46-17-20-6-2-1-3-7-20;1-16-23(47-33(43)46-16)13-45-30-22(41)8-9-39-29(30)32(42)38-10-11-44-14-24(38)40(39)28-18-4-2-3-5-19(18)31-25-17(15-48-31)12-34(36,37)27-21(35)7-6-20(28)26(25)27/h2*1-13,19,27,31H,14-18H2;2-9,15,24,28H,10-14H2,1H3/t27-,31-;;24-,28-/m1.1/s1. The van der Waals surface area contributed by atoms with E-state index in [9.17, 15) is 33.6 Å². The topological polar surface area (TPSA) is 235 Å². The first-order valence-electron chi connectivity index (χ1n) is 45.9. The zero-order chi connectivity index (χ0) is 97.1. The van der Waals surface area contributed by atoms with Crippen LogP contribution in [0, 0.1) is 24.4 Å². The number of aromatic nitrogens is 3. The van der Waals surface area contributed by atoms with Crippen LogP contribution in [0.2, 0.25) is 0 Å². The molecule has 12 aliphatic rings. The van der Waals surface area contributed by atoms with Gasteiger partial charge in [-0.25, -0.2) is 44.3 Å². The number of carbonyl (C=O) groups excluding carboxylic acids is 3. The second-order valence-electron chi connectivity index (χ2n) is 36.3. The summed E-state index contributed by atoms with van der Waals surface area (Å²) in [4.78, 5) is 102. The number of rotatable bonds is 12. The highest BCUT2D eigenvalue weighted by atomic mass is 32.1. The van der Waals surface area contributed by atoms with Crippen LogP contribution in [-0.4, -0.2) is 124 Å². The molecule has 13 heterocycles. The van der Waals surface area contributed by atoms with Gasteiger partial charge in [0.1, 0.15) is 55.8 Å². The van der Waals surface area contributed by atoms with Crippen LogP contribution in [0.1, 0.15) is 139 Å². The zero-order valence-electron chi connectivity index (χ0n) is 74.7. The Bertz CT molecular complexity index is 7810. The van der Waals surface area contributed by atoms with Crippen molar-refractivity contribution in [1.29, 1.82) is 0 Å². The van der Waals surface area contributed by atoms with Crippen molar-refractivity contribution < 1.29 is 91.2 Å². The summed E-state index contributed by atoms with van der Waals surface area (Å²) >= 11 is 4.08. The number of halogens is 9. The van der Waals surface area contributed by atoms with Crippen molar-refractivity contribution in [3.05, 3.63) is 388 Å². The molecule has 0 spiro atoms. The van der Waals surface area contributed by atoms with E-state index in [1.165, 1.54) is 88.5 Å². The van der Waals surface area contributed by atoms with Crippen LogP contribution in [0.5, 0.6) is 17.2 Å². The van der Waals surface area contributed by atoms with Crippen molar-refractivity contribution in [2.45, 2.75) is 100 Å². The van der Waals surface area contributed by atoms with Gasteiger partial charge in [0.25, 0.3) is 35.5 Å². The smallest absolute Gasteiger partial charge is 0.482 e. The largest absolute Gasteiger partial charge is 0.519 e. The predicted octanol–water partition coefficient (Wildman–Crippen LogP) is 18.2. The van der Waals surface area contributed by atoms with Crippen LogP contribution >= 0.6 is 34.0 Å². The Hall–Kier alpha value is -14.8. The lowest BCUT2D eigenvalue weighted by Gasteiger charge is -2.51. The SMILES string of the molecule is Cc1oc(=O)oc1COc1c2n(ccc1=O)N([C@@H]1c3ccccc3-c3scc4c3-c3c1ccc(F)c3C(F)(F)C4)[C@@H]1COCCN1C2=O.O=C1c2c(OCc3ccccc3)c(=O)ccn2N(C2c3ccccc3-c3scc4c3-c3c2ccc(F)c3C(F)(F)C4)C2COCCN12.O=C1c2c(OCc3ccccc3)c(=O)ccn2N([C@@H]2c3ccccc3-c3scc4c3-c3c2ccc(F)c3C(F)(F)C4)[C@@H]2COCCN12. The van der Waals surface area contributed by atoms with Gasteiger partial charge >= 0.3 is 5.82 Å². The third-order valence-corrected chi connectivity index (χ3v) is 31.7. The highest BCUT2D eigenvalue weighted by Gasteiger charge is 2.57. The summed E-state index contributed by atoms with van der Waals surface area (Å²) in [7, 11) is 0. The number of ether oxygens (including phenoxy) is 6. The highest BCUT2D eigenvalue weighted by molar-refractivity contribution is 7.15. The number of aryl methyl sites for hydroxylation is 1. The Balaban J connectivity index is 0.000000112. The predicted molar refractivity (Wildman–Crippen MR) is 505 cm³/mol. The molecule has 6 atom stereocenters. The molecule has 8 aromatic carbocycles. The summed E-state index contributed by atoms with van der Waals surface area (Å²) in [5, 5.41) is 10.8. The molecule has 36 heteroatoms. The maximum Gasteiger partial charge on any atom is 0.519 e. The average Bonchev–Trinajstić information content (AvgIpc) is 1.53. The number of thiophene rings is 3. The van der Waals surface area contributed by atoms with E-state index in [1.807, 2.05) is 148 Å². The second-order valence-corrected chi connectivity index (χ2v) is 39.0. The Morgan fingerprint density at radius 3 is 0.986 bits per heavy atom. The van der Waals surface area contributed by atoms with E-state index in [-0.39, 0.29) is 142 Å². The first kappa shape index (κ1) is 88.6. The van der Waals surface area contributed by atoms with Crippen molar-refractivity contribution in [2.75, 3.05) is 74.3 Å². The van der Waals surface area contributed by atoms with Gasteiger partial charge in [-0.3, -0.25) is 57.8 Å². The summed E-state index contributed by atoms with van der Waals surface area (Å²) in [6.45, 7) is 3.02. The molecule has 6 aliphatic heterocycles. The van der Waals surface area contributed by atoms with Crippen molar-refractivity contribution in [2.24, 2.45) is 0 Å². The van der Waals surface area contributed by atoms with Crippen LogP contribution < -0.4 is 51.3 Å². The van der Waals surface area contributed by atoms with Crippen LogP contribution in [0.25, 0.3) is 64.7 Å². The average molecular weight is 1980 g/mol. The molecule has 15 aromatic rings. The molecule has 24 nitrogen and oxygen atoms in total. The molecule has 7 aromatic heterocycles. The van der Waals surface area contributed by atoms with Gasteiger partial charge in [-0.15, -0.1) is 34.0 Å². The molecule has 27 rings (SSSR count). The van der Waals surface area contributed by atoms with Crippen LogP contribution in [-0.2, 0) is 71.1 Å². The van der Waals surface area contributed by atoms with E-state index >= 15 is 39.5 Å². The van der Waals surface area contributed by atoms with E-state index in [4.69, 9.17) is 37.3 Å². The molecule has 142 heavy (non-hydrogen) atoms. The van der Waals surface area contributed by atoms with Gasteiger partial charge in [-0.1, -0.05) is 152 Å².